The van der Waals surface area contributed by atoms with Crippen LogP contribution in [-0.4, -0.2) is 32.4 Å². The van der Waals surface area contributed by atoms with Crippen LogP contribution in [0.3, 0.4) is 0 Å². The summed E-state index contributed by atoms with van der Waals surface area (Å²) in [5.41, 5.74) is 2.40. The first kappa shape index (κ1) is 21.4. The van der Waals surface area contributed by atoms with Crippen molar-refractivity contribution in [2.75, 3.05) is 7.05 Å². The van der Waals surface area contributed by atoms with Gasteiger partial charge in [-0.3, -0.25) is 14.3 Å². The number of amides is 1. The lowest BCUT2D eigenvalue weighted by Gasteiger charge is -2.19. The van der Waals surface area contributed by atoms with Gasteiger partial charge in [0.1, 0.15) is 17.3 Å². The molecule has 2 aromatic heterocycles. The molecular weight excluding hydrogens is 410 g/mol. The molecule has 0 spiro atoms. The maximum Gasteiger partial charge on any atom is 0.272 e. The Labute approximate surface area is 185 Å². The van der Waals surface area contributed by atoms with Crippen molar-refractivity contribution in [1.29, 1.82) is 0 Å². The van der Waals surface area contributed by atoms with Crippen molar-refractivity contribution in [3.63, 3.8) is 0 Å². The van der Waals surface area contributed by atoms with E-state index in [0.717, 1.165) is 11.1 Å². The van der Waals surface area contributed by atoms with Gasteiger partial charge in [-0.15, -0.1) is 0 Å². The van der Waals surface area contributed by atoms with Crippen LogP contribution in [0.5, 0.6) is 0 Å². The fraction of sp³-hybridized carbons (Fsp3) is 0.160. The smallest absolute Gasteiger partial charge is 0.272 e. The average Bonchev–Trinajstić information content (AvgIpc) is 3.25. The van der Waals surface area contributed by atoms with Crippen LogP contribution >= 0.6 is 0 Å². The summed E-state index contributed by atoms with van der Waals surface area (Å²) in [5.74, 6) is -0.642. The SMILES string of the molecule is CN(Cc1ccncc1)C(=O)c1cnc(C(F)Cc2ccccc2)n1-c1ccc(F)cc1. The Kier molecular flexibility index (Phi) is 6.35. The van der Waals surface area contributed by atoms with Crippen molar-refractivity contribution in [2.24, 2.45) is 0 Å². The molecule has 2 heterocycles. The Hall–Kier alpha value is -3.87. The van der Waals surface area contributed by atoms with Crippen LogP contribution < -0.4 is 0 Å². The van der Waals surface area contributed by atoms with Gasteiger partial charge in [0.15, 0.2) is 6.17 Å². The fourth-order valence-electron chi connectivity index (χ4n) is 3.54. The maximum atomic E-state index is 15.4. The number of pyridine rings is 1. The molecule has 0 N–H and O–H groups in total. The number of nitrogens with zero attached hydrogens (tertiary/aromatic N) is 4. The van der Waals surface area contributed by atoms with Gasteiger partial charge in [-0.2, -0.15) is 0 Å². The van der Waals surface area contributed by atoms with Gasteiger partial charge in [-0.1, -0.05) is 30.3 Å². The molecule has 0 aliphatic heterocycles. The van der Waals surface area contributed by atoms with Gasteiger partial charge < -0.3 is 4.90 Å². The predicted molar refractivity (Wildman–Crippen MR) is 118 cm³/mol. The molecule has 1 atom stereocenters. The Bertz CT molecular complexity index is 1180. The summed E-state index contributed by atoms with van der Waals surface area (Å²) in [6.07, 6.45) is 3.35. The van der Waals surface area contributed by atoms with Crippen molar-refractivity contribution < 1.29 is 13.6 Å². The Morgan fingerprint density at radius 2 is 1.69 bits per heavy atom. The lowest BCUT2D eigenvalue weighted by atomic mass is 10.1. The zero-order chi connectivity index (χ0) is 22.5. The van der Waals surface area contributed by atoms with Crippen LogP contribution in [0.25, 0.3) is 5.69 Å². The third-order valence-corrected chi connectivity index (χ3v) is 5.15. The van der Waals surface area contributed by atoms with Crippen LogP contribution in [-0.2, 0) is 13.0 Å². The standard InChI is InChI=1S/C25H22F2N4O/c1-30(17-19-11-13-28-14-12-19)25(32)23-16-29-24(22(27)15-18-5-3-2-4-6-18)31(23)21-9-7-20(26)8-10-21/h2-14,16,22H,15,17H2,1H3. The number of imidazole rings is 1. The number of hydrogen-bond donors (Lipinski definition) is 0. The van der Waals surface area contributed by atoms with Crippen molar-refractivity contribution in [1.82, 2.24) is 19.4 Å². The van der Waals surface area contributed by atoms with Crippen molar-refractivity contribution in [3.8, 4) is 5.69 Å². The minimum absolute atomic E-state index is 0.0983. The summed E-state index contributed by atoms with van der Waals surface area (Å²) in [6.45, 7) is 0.356. The van der Waals surface area contributed by atoms with Gasteiger partial charge in [-0.25, -0.2) is 13.8 Å². The summed E-state index contributed by atoms with van der Waals surface area (Å²) < 4.78 is 30.4. The molecule has 4 rings (SSSR count). The van der Waals surface area contributed by atoms with Gasteiger partial charge in [-0.05, 0) is 47.5 Å². The lowest BCUT2D eigenvalue weighted by molar-refractivity contribution is 0.0776. The molecule has 1 unspecified atom stereocenters. The molecule has 0 radical (unpaired) electrons. The summed E-state index contributed by atoms with van der Waals surface area (Å²) in [7, 11) is 1.67. The highest BCUT2D eigenvalue weighted by Gasteiger charge is 2.26. The van der Waals surface area contributed by atoms with E-state index < -0.39 is 12.0 Å². The first-order chi connectivity index (χ1) is 15.5. The molecule has 0 fully saturated rings. The van der Waals surface area contributed by atoms with E-state index in [2.05, 4.69) is 9.97 Å². The summed E-state index contributed by atoms with van der Waals surface area (Å²) >= 11 is 0. The normalized spacial score (nSPS) is 11.8. The van der Waals surface area contributed by atoms with Gasteiger partial charge in [0.05, 0.1) is 6.20 Å². The van der Waals surface area contributed by atoms with E-state index in [1.54, 1.807) is 19.4 Å². The quantitative estimate of drug-likeness (QED) is 0.416. The second kappa shape index (κ2) is 9.51. The molecule has 0 bridgehead atoms. The number of carbonyl (C=O) groups excluding carboxylic acids is 1. The van der Waals surface area contributed by atoms with Crippen LogP contribution in [0.1, 0.15) is 33.6 Å². The number of halogens is 2. The molecule has 0 aliphatic carbocycles. The first-order valence-corrected chi connectivity index (χ1v) is 10.2. The molecule has 0 saturated heterocycles. The van der Waals surface area contributed by atoms with Crippen molar-refractivity contribution >= 4 is 5.91 Å². The van der Waals surface area contributed by atoms with Crippen molar-refractivity contribution in [2.45, 2.75) is 19.1 Å². The van der Waals surface area contributed by atoms with Gasteiger partial charge in [0.2, 0.25) is 0 Å². The van der Waals surface area contributed by atoms with E-state index in [4.69, 9.17) is 0 Å². The van der Waals surface area contributed by atoms with Crippen LogP contribution in [0.15, 0.2) is 85.3 Å². The zero-order valence-electron chi connectivity index (χ0n) is 17.5. The van der Waals surface area contributed by atoms with E-state index in [1.807, 2.05) is 42.5 Å². The number of alkyl halides is 1. The minimum atomic E-state index is -1.45. The average molecular weight is 432 g/mol. The lowest BCUT2D eigenvalue weighted by Crippen LogP contribution is -2.28. The summed E-state index contributed by atoms with van der Waals surface area (Å²) in [4.78, 5) is 23.0. The van der Waals surface area contributed by atoms with Crippen LogP contribution in [0.4, 0.5) is 8.78 Å². The molecule has 7 heteroatoms. The van der Waals surface area contributed by atoms with E-state index in [9.17, 15) is 9.18 Å². The number of hydrogen-bond acceptors (Lipinski definition) is 3. The summed E-state index contributed by atoms with van der Waals surface area (Å²) in [5, 5.41) is 0. The maximum absolute atomic E-state index is 15.4. The monoisotopic (exact) mass is 432 g/mol. The van der Waals surface area contributed by atoms with Crippen LogP contribution in [0.2, 0.25) is 0 Å². The second-order valence-electron chi connectivity index (χ2n) is 7.49. The van der Waals surface area contributed by atoms with Gasteiger partial charge in [0.25, 0.3) is 5.91 Å². The molecule has 162 valence electrons. The van der Waals surface area contributed by atoms with Gasteiger partial charge >= 0.3 is 0 Å². The third kappa shape index (κ3) is 4.72. The first-order valence-electron chi connectivity index (χ1n) is 10.2. The molecule has 32 heavy (non-hydrogen) atoms. The highest BCUT2D eigenvalue weighted by atomic mass is 19.1. The number of aromatic nitrogens is 3. The number of benzene rings is 2. The minimum Gasteiger partial charge on any atom is -0.336 e. The van der Waals surface area contributed by atoms with E-state index >= 15 is 4.39 Å². The zero-order valence-corrected chi connectivity index (χ0v) is 17.5. The van der Waals surface area contributed by atoms with E-state index in [1.165, 1.54) is 39.9 Å². The topological polar surface area (TPSA) is 51.0 Å². The molecule has 5 nitrogen and oxygen atoms in total. The highest BCUT2D eigenvalue weighted by Crippen LogP contribution is 2.27. The molecule has 0 aliphatic rings. The molecule has 0 saturated carbocycles. The number of carbonyl (C=O) groups is 1. The largest absolute Gasteiger partial charge is 0.336 e. The van der Waals surface area contributed by atoms with Crippen LogP contribution in [0, 0.1) is 5.82 Å². The van der Waals surface area contributed by atoms with E-state index in [0.29, 0.717) is 12.2 Å². The van der Waals surface area contributed by atoms with Gasteiger partial charge in [0, 0.05) is 38.1 Å². The molecule has 1 amide bonds. The predicted octanol–water partition coefficient (Wildman–Crippen LogP) is 4.93. The van der Waals surface area contributed by atoms with E-state index in [-0.39, 0.29) is 23.8 Å². The molecule has 2 aromatic carbocycles. The van der Waals surface area contributed by atoms with Crippen molar-refractivity contribution in [3.05, 3.63) is 114 Å². The Balaban J connectivity index is 1.69. The molecule has 4 aromatic rings. The number of rotatable bonds is 7. The third-order valence-electron chi connectivity index (χ3n) is 5.15. The Morgan fingerprint density at radius 3 is 2.38 bits per heavy atom. The highest BCUT2D eigenvalue weighted by molar-refractivity contribution is 5.93. The molecular formula is C25H22F2N4O. The fourth-order valence-corrected chi connectivity index (χ4v) is 3.54. The second-order valence-corrected chi connectivity index (χ2v) is 7.49. The Morgan fingerprint density at radius 1 is 1.00 bits per heavy atom. The summed E-state index contributed by atoms with van der Waals surface area (Å²) in [6, 6.07) is 18.5.